The van der Waals surface area contributed by atoms with E-state index in [0.717, 1.165) is 36.5 Å². The maximum atomic E-state index is 10.3. The molecule has 2 aliphatic carbocycles. The maximum Gasteiger partial charge on any atom is 0.118 e. The van der Waals surface area contributed by atoms with Gasteiger partial charge in [-0.25, -0.2) is 0 Å². The Hall–Kier alpha value is -1.06. The first-order chi connectivity index (χ1) is 14.2. The average Bonchev–Trinajstić information content (AvgIpc) is 2.77. The van der Waals surface area contributed by atoms with Gasteiger partial charge in [-0.2, -0.15) is 0 Å². The molecule has 2 aliphatic rings. The van der Waals surface area contributed by atoms with Gasteiger partial charge in [0.2, 0.25) is 0 Å². The minimum absolute atomic E-state index is 0.113. The van der Waals surface area contributed by atoms with Crippen LogP contribution in [0.15, 0.2) is 24.3 Å². The molecular weight excluding hydrogens is 358 g/mol. The minimum Gasteiger partial charge on any atom is -0.497 e. The van der Waals surface area contributed by atoms with Gasteiger partial charge in [-0.15, -0.1) is 0 Å². The second-order valence-electron chi connectivity index (χ2n) is 9.60. The first-order valence-electron chi connectivity index (χ1n) is 12.2. The summed E-state index contributed by atoms with van der Waals surface area (Å²) < 4.78 is 5.26. The van der Waals surface area contributed by atoms with Crippen LogP contribution in [-0.4, -0.2) is 30.9 Å². The third kappa shape index (κ3) is 7.00. The molecule has 0 heterocycles. The lowest BCUT2D eigenvalue weighted by molar-refractivity contribution is 0.121. The first-order valence-corrected chi connectivity index (χ1v) is 12.2. The zero-order chi connectivity index (χ0) is 20.5. The van der Waals surface area contributed by atoms with E-state index in [9.17, 15) is 5.11 Å². The van der Waals surface area contributed by atoms with Crippen LogP contribution in [-0.2, 0) is 6.42 Å². The van der Waals surface area contributed by atoms with Crippen molar-refractivity contribution in [2.75, 3.05) is 13.7 Å². The number of rotatable bonds is 10. The van der Waals surface area contributed by atoms with Crippen molar-refractivity contribution < 1.29 is 9.84 Å². The van der Waals surface area contributed by atoms with Crippen LogP contribution < -0.4 is 10.1 Å². The molecule has 2 saturated carbocycles. The second kappa shape index (κ2) is 12.0. The molecule has 0 aliphatic heterocycles. The lowest BCUT2D eigenvalue weighted by Crippen LogP contribution is -2.42. The van der Waals surface area contributed by atoms with Crippen LogP contribution in [0.2, 0.25) is 0 Å². The average molecular weight is 402 g/mol. The van der Waals surface area contributed by atoms with E-state index >= 15 is 0 Å². The number of ether oxygens (including phenoxy) is 1. The van der Waals surface area contributed by atoms with Crippen molar-refractivity contribution in [3.63, 3.8) is 0 Å². The zero-order valence-electron chi connectivity index (χ0n) is 18.7. The first kappa shape index (κ1) is 22.6. The number of aliphatic hydroxyl groups is 1. The summed E-state index contributed by atoms with van der Waals surface area (Å²) in [7, 11) is 1.70. The number of benzene rings is 1. The van der Waals surface area contributed by atoms with Gasteiger partial charge in [0.05, 0.1) is 13.2 Å². The highest BCUT2D eigenvalue weighted by molar-refractivity contribution is 5.27. The van der Waals surface area contributed by atoms with Gasteiger partial charge in [0.15, 0.2) is 0 Å². The molecule has 29 heavy (non-hydrogen) atoms. The standard InChI is InChI=1S/C26H43NO2/c1-20(28)26(19-21-13-15-24(29-2)16-14-21)27-18-17-25(22-9-5-3-6-10-22)23-11-7-4-8-12-23/h13-16,20,22-23,25-28H,3-12,17-19H2,1-2H3. The summed E-state index contributed by atoms with van der Waals surface area (Å²) in [4.78, 5) is 0. The van der Waals surface area contributed by atoms with E-state index in [4.69, 9.17) is 4.74 Å². The van der Waals surface area contributed by atoms with Crippen LogP contribution in [0.25, 0.3) is 0 Å². The van der Waals surface area contributed by atoms with Gasteiger partial charge in [0.25, 0.3) is 0 Å². The van der Waals surface area contributed by atoms with E-state index in [1.165, 1.54) is 76.2 Å². The summed E-state index contributed by atoms with van der Waals surface area (Å²) >= 11 is 0. The SMILES string of the molecule is COc1ccc(CC(NCCC(C2CCCCC2)C2CCCCC2)C(C)O)cc1. The number of aliphatic hydroxyl groups excluding tert-OH is 1. The molecule has 2 N–H and O–H groups in total. The maximum absolute atomic E-state index is 10.3. The van der Waals surface area contributed by atoms with Gasteiger partial charge < -0.3 is 15.2 Å². The van der Waals surface area contributed by atoms with Gasteiger partial charge >= 0.3 is 0 Å². The summed E-state index contributed by atoms with van der Waals surface area (Å²) in [6.45, 7) is 2.95. The zero-order valence-corrected chi connectivity index (χ0v) is 18.7. The molecule has 1 aromatic rings. The molecule has 2 unspecified atom stereocenters. The summed E-state index contributed by atoms with van der Waals surface area (Å²) in [6.07, 6.45) is 16.2. The van der Waals surface area contributed by atoms with Crippen LogP contribution in [0.3, 0.4) is 0 Å². The lowest BCUT2D eigenvalue weighted by atomic mass is 9.68. The van der Waals surface area contributed by atoms with Crippen molar-refractivity contribution in [3.05, 3.63) is 29.8 Å². The monoisotopic (exact) mass is 401 g/mol. The minimum atomic E-state index is -0.347. The highest BCUT2D eigenvalue weighted by Crippen LogP contribution is 2.41. The van der Waals surface area contributed by atoms with Crippen molar-refractivity contribution >= 4 is 0 Å². The number of methoxy groups -OCH3 is 1. The van der Waals surface area contributed by atoms with Crippen LogP contribution in [0.1, 0.15) is 83.1 Å². The number of hydrogen-bond donors (Lipinski definition) is 2. The largest absolute Gasteiger partial charge is 0.497 e. The van der Waals surface area contributed by atoms with Crippen LogP contribution in [0, 0.1) is 17.8 Å². The van der Waals surface area contributed by atoms with Crippen LogP contribution in [0.5, 0.6) is 5.75 Å². The molecular formula is C26H43NO2. The van der Waals surface area contributed by atoms with E-state index in [1.807, 2.05) is 19.1 Å². The van der Waals surface area contributed by atoms with E-state index in [0.29, 0.717) is 0 Å². The summed E-state index contributed by atoms with van der Waals surface area (Å²) in [5.74, 6) is 3.66. The Kier molecular flexibility index (Phi) is 9.33. The van der Waals surface area contributed by atoms with Crippen molar-refractivity contribution in [2.24, 2.45) is 17.8 Å². The van der Waals surface area contributed by atoms with Crippen molar-refractivity contribution in [1.29, 1.82) is 0 Å². The number of hydrogen-bond acceptors (Lipinski definition) is 3. The molecule has 0 aromatic heterocycles. The summed E-state index contributed by atoms with van der Waals surface area (Å²) in [5.41, 5.74) is 1.25. The molecule has 3 rings (SSSR count). The van der Waals surface area contributed by atoms with Gasteiger partial charge in [-0.05, 0) is 61.8 Å². The quantitative estimate of drug-likeness (QED) is 0.525. The molecule has 3 heteroatoms. The Morgan fingerprint density at radius 1 is 0.931 bits per heavy atom. The molecule has 0 amide bonds. The second-order valence-corrected chi connectivity index (χ2v) is 9.60. The predicted molar refractivity (Wildman–Crippen MR) is 121 cm³/mol. The fourth-order valence-electron chi connectivity index (χ4n) is 5.85. The molecule has 2 fully saturated rings. The van der Waals surface area contributed by atoms with Gasteiger partial charge in [0, 0.05) is 6.04 Å². The van der Waals surface area contributed by atoms with Gasteiger partial charge in [-0.3, -0.25) is 0 Å². The highest BCUT2D eigenvalue weighted by Gasteiger charge is 2.31. The topological polar surface area (TPSA) is 41.5 Å². The molecule has 0 spiro atoms. The van der Waals surface area contributed by atoms with Gasteiger partial charge in [-0.1, -0.05) is 76.3 Å². The Labute approximate surface area is 178 Å². The fraction of sp³-hybridized carbons (Fsp3) is 0.769. The van der Waals surface area contributed by atoms with E-state index < -0.39 is 0 Å². The third-order valence-electron chi connectivity index (χ3n) is 7.59. The van der Waals surface area contributed by atoms with E-state index in [2.05, 4.69) is 17.4 Å². The highest BCUT2D eigenvalue weighted by atomic mass is 16.5. The molecule has 0 radical (unpaired) electrons. The summed E-state index contributed by atoms with van der Waals surface area (Å²) in [5, 5.41) is 14.1. The molecule has 1 aromatic carbocycles. The Morgan fingerprint density at radius 3 is 1.97 bits per heavy atom. The fourth-order valence-corrected chi connectivity index (χ4v) is 5.85. The number of nitrogens with one attached hydrogen (secondary N) is 1. The lowest BCUT2D eigenvalue weighted by Gasteiger charge is -2.38. The van der Waals surface area contributed by atoms with E-state index in [-0.39, 0.29) is 12.1 Å². The normalized spacial score (nSPS) is 21.2. The molecule has 164 valence electrons. The smallest absolute Gasteiger partial charge is 0.118 e. The van der Waals surface area contributed by atoms with E-state index in [1.54, 1.807) is 7.11 Å². The van der Waals surface area contributed by atoms with Crippen molar-refractivity contribution in [1.82, 2.24) is 5.32 Å². The Bertz CT molecular complexity index is 541. The Balaban J connectivity index is 1.54. The van der Waals surface area contributed by atoms with Crippen LogP contribution >= 0.6 is 0 Å². The molecule has 2 atom stereocenters. The van der Waals surface area contributed by atoms with Crippen molar-refractivity contribution in [2.45, 2.75) is 96.1 Å². The molecule has 0 saturated heterocycles. The summed E-state index contributed by atoms with van der Waals surface area (Å²) in [6, 6.07) is 8.36. The van der Waals surface area contributed by atoms with Crippen LogP contribution in [0.4, 0.5) is 0 Å². The third-order valence-corrected chi connectivity index (χ3v) is 7.59. The molecule has 0 bridgehead atoms. The van der Waals surface area contributed by atoms with Gasteiger partial charge in [0.1, 0.15) is 5.75 Å². The van der Waals surface area contributed by atoms with Crippen molar-refractivity contribution in [3.8, 4) is 5.75 Å². The predicted octanol–water partition coefficient (Wildman–Crippen LogP) is 5.74. The Morgan fingerprint density at radius 2 is 1.48 bits per heavy atom. The molecule has 3 nitrogen and oxygen atoms in total.